The predicted octanol–water partition coefficient (Wildman–Crippen LogP) is 4.69. The van der Waals surface area contributed by atoms with E-state index in [4.69, 9.17) is 23.7 Å². The lowest BCUT2D eigenvalue weighted by Gasteiger charge is -2.13. The zero-order valence-corrected chi connectivity index (χ0v) is 19.4. The van der Waals surface area contributed by atoms with Gasteiger partial charge in [0.1, 0.15) is 0 Å². The van der Waals surface area contributed by atoms with Crippen LogP contribution < -0.4 is 18.9 Å². The highest BCUT2D eigenvalue weighted by atomic mass is 127. The monoisotopic (exact) mass is 533 g/mol. The SMILES string of the molecule is CCOC(=O)C(=Cc1cc(OC)c(OC)cc1I)c1ccnc2cc3c(cc12)OCO3. The molecule has 7 nitrogen and oxygen atoms in total. The molecule has 1 aromatic heterocycles. The predicted molar refractivity (Wildman–Crippen MR) is 125 cm³/mol. The molecule has 3 aromatic rings. The Morgan fingerprint density at radius 3 is 2.55 bits per heavy atom. The molecule has 4 rings (SSSR count). The maximum Gasteiger partial charge on any atom is 0.338 e. The summed E-state index contributed by atoms with van der Waals surface area (Å²) in [4.78, 5) is 17.4. The molecule has 0 N–H and O–H groups in total. The van der Waals surface area contributed by atoms with E-state index in [1.165, 1.54) is 0 Å². The van der Waals surface area contributed by atoms with Gasteiger partial charge in [-0.1, -0.05) is 0 Å². The summed E-state index contributed by atoms with van der Waals surface area (Å²) in [6.07, 6.45) is 3.45. The van der Waals surface area contributed by atoms with Crippen LogP contribution in [0.15, 0.2) is 36.5 Å². The lowest BCUT2D eigenvalue weighted by atomic mass is 9.98. The molecule has 1 aliphatic rings. The number of hydrogen-bond donors (Lipinski definition) is 0. The Morgan fingerprint density at radius 1 is 1.13 bits per heavy atom. The van der Waals surface area contributed by atoms with E-state index in [0.29, 0.717) is 39.7 Å². The summed E-state index contributed by atoms with van der Waals surface area (Å²) in [7, 11) is 3.16. The van der Waals surface area contributed by atoms with E-state index < -0.39 is 5.97 Å². The van der Waals surface area contributed by atoms with Crippen LogP contribution in [0.2, 0.25) is 0 Å². The summed E-state index contributed by atoms with van der Waals surface area (Å²) >= 11 is 2.20. The van der Waals surface area contributed by atoms with Crippen molar-refractivity contribution < 1.29 is 28.5 Å². The molecule has 0 saturated carbocycles. The first kappa shape index (κ1) is 21.2. The summed E-state index contributed by atoms with van der Waals surface area (Å²) in [5.41, 5.74) is 2.58. The second kappa shape index (κ2) is 9.01. The summed E-state index contributed by atoms with van der Waals surface area (Å²) in [6.45, 7) is 2.19. The Morgan fingerprint density at radius 2 is 1.84 bits per heavy atom. The number of nitrogens with zero attached hydrogens (tertiary/aromatic N) is 1. The number of aromatic nitrogens is 1. The first-order valence-corrected chi connectivity index (χ1v) is 10.6. The van der Waals surface area contributed by atoms with Crippen LogP contribution in [-0.4, -0.2) is 38.6 Å². The average Bonchev–Trinajstić information content (AvgIpc) is 3.23. The molecule has 0 aliphatic carbocycles. The van der Waals surface area contributed by atoms with Crippen LogP contribution >= 0.6 is 22.6 Å². The second-order valence-electron chi connectivity index (χ2n) is 6.59. The summed E-state index contributed by atoms with van der Waals surface area (Å²) < 4.78 is 28.1. The van der Waals surface area contributed by atoms with Gasteiger partial charge in [-0.2, -0.15) is 0 Å². The number of carbonyl (C=O) groups is 1. The van der Waals surface area contributed by atoms with Gasteiger partial charge in [-0.15, -0.1) is 0 Å². The molecule has 8 heteroatoms. The van der Waals surface area contributed by atoms with Gasteiger partial charge in [0.15, 0.2) is 23.0 Å². The average molecular weight is 533 g/mol. The molecular weight excluding hydrogens is 513 g/mol. The number of fused-ring (bicyclic) bond motifs is 2. The van der Waals surface area contributed by atoms with Gasteiger partial charge in [0.25, 0.3) is 0 Å². The number of esters is 1. The van der Waals surface area contributed by atoms with Crippen molar-refractivity contribution in [1.82, 2.24) is 4.98 Å². The highest BCUT2D eigenvalue weighted by Gasteiger charge is 2.21. The summed E-state index contributed by atoms with van der Waals surface area (Å²) in [6, 6.07) is 9.13. The first-order chi connectivity index (χ1) is 15.0. The fourth-order valence-corrected chi connectivity index (χ4v) is 3.96. The van der Waals surface area contributed by atoms with Crippen LogP contribution in [0.5, 0.6) is 23.0 Å². The maximum atomic E-state index is 13.0. The number of rotatable bonds is 6. The molecule has 0 spiro atoms. The number of ether oxygens (including phenoxy) is 5. The third-order valence-electron chi connectivity index (χ3n) is 4.82. The summed E-state index contributed by atoms with van der Waals surface area (Å²) in [5, 5.41) is 0.765. The lowest BCUT2D eigenvalue weighted by molar-refractivity contribution is -0.136. The first-order valence-electron chi connectivity index (χ1n) is 9.54. The standard InChI is InChI=1S/C23H20INO6/c1-4-29-23(26)16(7-13-8-19(27-2)20(28-3)10-17(13)24)14-5-6-25-18-11-22-21(9-15(14)18)30-12-31-22/h5-11H,4,12H2,1-3H3. The molecule has 160 valence electrons. The van der Waals surface area contributed by atoms with E-state index in [2.05, 4.69) is 27.6 Å². The van der Waals surface area contributed by atoms with Gasteiger partial charge in [-0.3, -0.25) is 4.98 Å². The second-order valence-corrected chi connectivity index (χ2v) is 7.75. The highest BCUT2D eigenvalue weighted by Crippen LogP contribution is 2.39. The lowest BCUT2D eigenvalue weighted by Crippen LogP contribution is -2.08. The van der Waals surface area contributed by atoms with Gasteiger partial charge in [0.05, 0.1) is 31.9 Å². The van der Waals surface area contributed by atoms with E-state index >= 15 is 0 Å². The van der Waals surface area contributed by atoms with Crippen molar-refractivity contribution in [2.75, 3.05) is 27.6 Å². The molecule has 0 saturated heterocycles. The number of carbonyl (C=O) groups excluding carboxylic acids is 1. The Balaban J connectivity index is 1.92. The molecule has 2 heterocycles. The van der Waals surface area contributed by atoms with Gasteiger partial charge in [-0.05, 0) is 65.4 Å². The molecular formula is C23H20INO6. The zero-order valence-electron chi connectivity index (χ0n) is 17.2. The Kier molecular flexibility index (Phi) is 6.17. The molecule has 0 fully saturated rings. The van der Waals surface area contributed by atoms with Crippen molar-refractivity contribution in [3.63, 3.8) is 0 Å². The van der Waals surface area contributed by atoms with E-state index in [0.717, 1.165) is 14.5 Å². The minimum Gasteiger partial charge on any atom is -0.493 e. The zero-order chi connectivity index (χ0) is 22.0. The van der Waals surface area contributed by atoms with Crippen molar-refractivity contribution in [2.45, 2.75) is 6.92 Å². The largest absolute Gasteiger partial charge is 0.493 e. The molecule has 31 heavy (non-hydrogen) atoms. The number of halogens is 1. The Hall–Kier alpha value is -3.01. The van der Waals surface area contributed by atoms with Gasteiger partial charge in [-0.25, -0.2) is 4.79 Å². The molecule has 2 aromatic carbocycles. The minimum atomic E-state index is -0.432. The number of hydrogen-bond acceptors (Lipinski definition) is 7. The number of benzene rings is 2. The van der Waals surface area contributed by atoms with Gasteiger partial charge in [0.2, 0.25) is 6.79 Å². The van der Waals surface area contributed by atoms with Crippen LogP contribution in [0.1, 0.15) is 18.1 Å². The van der Waals surface area contributed by atoms with Gasteiger partial charge < -0.3 is 23.7 Å². The fourth-order valence-electron chi connectivity index (χ4n) is 3.36. The molecule has 0 bridgehead atoms. The normalized spacial score (nSPS) is 12.7. The summed E-state index contributed by atoms with van der Waals surface area (Å²) in [5.74, 6) is 2.00. The Labute approximate surface area is 193 Å². The molecule has 0 radical (unpaired) electrons. The van der Waals surface area contributed by atoms with E-state index in [1.807, 2.05) is 24.3 Å². The number of pyridine rings is 1. The van der Waals surface area contributed by atoms with Crippen LogP contribution in [0.25, 0.3) is 22.6 Å². The van der Waals surface area contributed by atoms with Gasteiger partial charge >= 0.3 is 5.97 Å². The van der Waals surface area contributed by atoms with Crippen LogP contribution in [0.3, 0.4) is 0 Å². The fraction of sp³-hybridized carbons (Fsp3) is 0.217. The third-order valence-corrected chi connectivity index (χ3v) is 5.76. The van der Waals surface area contributed by atoms with Crippen molar-refractivity contribution in [2.24, 2.45) is 0 Å². The van der Waals surface area contributed by atoms with Gasteiger partial charge in [0, 0.05) is 26.8 Å². The smallest absolute Gasteiger partial charge is 0.338 e. The highest BCUT2D eigenvalue weighted by molar-refractivity contribution is 14.1. The van der Waals surface area contributed by atoms with E-state index in [-0.39, 0.29) is 13.4 Å². The van der Waals surface area contributed by atoms with Crippen LogP contribution in [0, 0.1) is 3.57 Å². The van der Waals surface area contributed by atoms with Crippen molar-refractivity contribution in [3.05, 3.63) is 51.2 Å². The third kappa shape index (κ3) is 4.12. The van der Waals surface area contributed by atoms with E-state index in [9.17, 15) is 4.79 Å². The van der Waals surface area contributed by atoms with Crippen LogP contribution in [-0.2, 0) is 9.53 Å². The quantitative estimate of drug-likeness (QED) is 0.259. The topological polar surface area (TPSA) is 76.1 Å². The molecule has 0 amide bonds. The minimum absolute atomic E-state index is 0.158. The maximum absolute atomic E-state index is 13.0. The molecule has 0 unspecified atom stereocenters. The van der Waals surface area contributed by atoms with Crippen molar-refractivity contribution in [3.8, 4) is 23.0 Å². The Bertz CT molecular complexity index is 1190. The van der Waals surface area contributed by atoms with Crippen molar-refractivity contribution >= 4 is 51.1 Å². The molecule has 1 aliphatic heterocycles. The van der Waals surface area contributed by atoms with E-state index in [1.54, 1.807) is 39.5 Å². The van der Waals surface area contributed by atoms with Crippen LogP contribution in [0.4, 0.5) is 0 Å². The molecule has 0 atom stereocenters. The number of methoxy groups -OCH3 is 2. The van der Waals surface area contributed by atoms with Crippen molar-refractivity contribution in [1.29, 1.82) is 0 Å².